The summed E-state index contributed by atoms with van der Waals surface area (Å²) in [5.74, 6) is -1.41. The highest BCUT2D eigenvalue weighted by atomic mass is 19.1. The maximum atomic E-state index is 14.2. The molecule has 1 aliphatic rings. The van der Waals surface area contributed by atoms with E-state index in [-0.39, 0.29) is 35.9 Å². The topological polar surface area (TPSA) is 64.4 Å². The SMILES string of the molecule is N[C@@H]1CC[C@@H](C(=O)NCc2ccc(Oc3ccccc3F)c(F)c2)C1. The van der Waals surface area contributed by atoms with Crippen LogP contribution >= 0.6 is 0 Å². The lowest BCUT2D eigenvalue weighted by atomic mass is 10.1. The number of para-hydroxylation sites is 1. The van der Waals surface area contributed by atoms with Crippen molar-refractivity contribution < 1.29 is 18.3 Å². The third-order valence-corrected chi connectivity index (χ3v) is 4.36. The highest BCUT2D eigenvalue weighted by Gasteiger charge is 2.27. The van der Waals surface area contributed by atoms with E-state index in [9.17, 15) is 13.6 Å². The molecule has 6 heteroatoms. The van der Waals surface area contributed by atoms with Crippen LogP contribution in [0.15, 0.2) is 42.5 Å². The Kier molecular flexibility index (Phi) is 5.28. The Labute approximate surface area is 145 Å². The van der Waals surface area contributed by atoms with Gasteiger partial charge in [0.1, 0.15) is 0 Å². The minimum Gasteiger partial charge on any atom is -0.451 e. The summed E-state index contributed by atoms with van der Waals surface area (Å²) in [6.45, 7) is 0.224. The number of carbonyl (C=O) groups excluding carboxylic acids is 1. The van der Waals surface area contributed by atoms with E-state index >= 15 is 0 Å². The number of nitrogens with two attached hydrogens (primary N) is 1. The monoisotopic (exact) mass is 346 g/mol. The summed E-state index contributed by atoms with van der Waals surface area (Å²) in [6, 6.07) is 10.2. The first-order valence-electron chi connectivity index (χ1n) is 8.27. The molecule has 0 aliphatic heterocycles. The third-order valence-electron chi connectivity index (χ3n) is 4.36. The molecule has 132 valence electrons. The first-order chi connectivity index (χ1) is 12.0. The number of ether oxygens (including phenoxy) is 1. The average Bonchev–Trinajstić information content (AvgIpc) is 3.03. The van der Waals surface area contributed by atoms with Crippen LogP contribution in [0.2, 0.25) is 0 Å². The van der Waals surface area contributed by atoms with Crippen molar-refractivity contribution in [1.82, 2.24) is 5.32 Å². The van der Waals surface area contributed by atoms with Gasteiger partial charge in [-0.2, -0.15) is 0 Å². The second kappa shape index (κ2) is 7.61. The van der Waals surface area contributed by atoms with Crippen LogP contribution < -0.4 is 15.8 Å². The van der Waals surface area contributed by atoms with Crippen molar-refractivity contribution in [2.75, 3.05) is 0 Å². The zero-order chi connectivity index (χ0) is 17.8. The minimum atomic E-state index is -0.613. The van der Waals surface area contributed by atoms with Crippen LogP contribution in [-0.2, 0) is 11.3 Å². The lowest BCUT2D eigenvalue weighted by Crippen LogP contribution is -2.30. The Bertz CT molecular complexity index is 767. The molecule has 0 saturated heterocycles. The molecule has 3 rings (SSSR count). The van der Waals surface area contributed by atoms with Crippen molar-refractivity contribution in [2.24, 2.45) is 11.7 Å². The van der Waals surface area contributed by atoms with Gasteiger partial charge in [-0.3, -0.25) is 4.79 Å². The Hall–Kier alpha value is -2.47. The molecule has 1 fully saturated rings. The van der Waals surface area contributed by atoms with Gasteiger partial charge >= 0.3 is 0 Å². The van der Waals surface area contributed by atoms with E-state index in [2.05, 4.69) is 5.32 Å². The van der Waals surface area contributed by atoms with E-state index in [1.54, 1.807) is 12.1 Å². The summed E-state index contributed by atoms with van der Waals surface area (Å²) in [6.07, 6.45) is 2.33. The van der Waals surface area contributed by atoms with Gasteiger partial charge < -0.3 is 15.8 Å². The standard InChI is InChI=1S/C19H20F2N2O2/c20-15-3-1-2-4-17(15)25-18-8-5-12(9-16(18)21)11-23-19(24)13-6-7-14(22)10-13/h1-5,8-9,13-14H,6-7,10-11,22H2,(H,23,24)/t13-,14-/m1/s1. The molecule has 0 heterocycles. The number of nitrogens with one attached hydrogen (secondary N) is 1. The summed E-state index contributed by atoms with van der Waals surface area (Å²) >= 11 is 0. The fourth-order valence-corrected chi connectivity index (χ4v) is 2.97. The van der Waals surface area contributed by atoms with Crippen molar-refractivity contribution in [3.63, 3.8) is 0 Å². The Morgan fingerprint density at radius 1 is 1.12 bits per heavy atom. The molecule has 0 aromatic heterocycles. The second-order valence-electron chi connectivity index (χ2n) is 6.29. The van der Waals surface area contributed by atoms with Gasteiger partial charge in [0.05, 0.1) is 0 Å². The zero-order valence-corrected chi connectivity index (χ0v) is 13.7. The largest absolute Gasteiger partial charge is 0.451 e. The molecule has 1 saturated carbocycles. The van der Waals surface area contributed by atoms with Crippen molar-refractivity contribution in [3.05, 3.63) is 59.7 Å². The number of rotatable bonds is 5. The van der Waals surface area contributed by atoms with E-state index < -0.39 is 11.6 Å². The number of hydrogen-bond donors (Lipinski definition) is 2. The van der Waals surface area contributed by atoms with E-state index in [1.807, 2.05) is 0 Å². The molecule has 1 aliphatic carbocycles. The van der Waals surface area contributed by atoms with Gasteiger partial charge in [-0.15, -0.1) is 0 Å². The predicted molar refractivity (Wildman–Crippen MR) is 90.0 cm³/mol. The average molecular weight is 346 g/mol. The normalized spacial score (nSPS) is 19.6. The minimum absolute atomic E-state index is 0.0416. The van der Waals surface area contributed by atoms with Gasteiger partial charge in [-0.05, 0) is 49.1 Å². The number of carbonyl (C=O) groups is 1. The van der Waals surface area contributed by atoms with Crippen molar-refractivity contribution >= 4 is 5.91 Å². The molecule has 0 radical (unpaired) electrons. The smallest absolute Gasteiger partial charge is 0.223 e. The summed E-state index contributed by atoms with van der Waals surface area (Å²) < 4.78 is 33.0. The van der Waals surface area contributed by atoms with Crippen molar-refractivity contribution in [1.29, 1.82) is 0 Å². The summed E-state index contributed by atoms with van der Waals surface area (Å²) in [5, 5.41) is 2.80. The molecule has 0 unspecified atom stereocenters. The van der Waals surface area contributed by atoms with E-state index in [1.165, 1.54) is 30.3 Å². The van der Waals surface area contributed by atoms with E-state index in [0.29, 0.717) is 12.0 Å². The predicted octanol–water partition coefficient (Wildman–Crippen LogP) is 3.50. The van der Waals surface area contributed by atoms with Gasteiger partial charge in [-0.1, -0.05) is 18.2 Å². The van der Waals surface area contributed by atoms with Gasteiger partial charge in [0.25, 0.3) is 0 Å². The van der Waals surface area contributed by atoms with Gasteiger partial charge in [0, 0.05) is 18.5 Å². The van der Waals surface area contributed by atoms with E-state index in [4.69, 9.17) is 10.5 Å². The molecule has 2 aromatic carbocycles. The second-order valence-corrected chi connectivity index (χ2v) is 6.29. The molecular weight excluding hydrogens is 326 g/mol. The number of hydrogen-bond acceptors (Lipinski definition) is 3. The number of amides is 1. The first-order valence-corrected chi connectivity index (χ1v) is 8.27. The molecule has 3 N–H and O–H groups in total. The molecule has 0 bridgehead atoms. The molecule has 4 nitrogen and oxygen atoms in total. The first kappa shape index (κ1) is 17.4. The fraction of sp³-hybridized carbons (Fsp3) is 0.316. The van der Waals surface area contributed by atoms with Gasteiger partial charge in [0.2, 0.25) is 5.91 Å². The lowest BCUT2D eigenvalue weighted by Gasteiger charge is -2.12. The van der Waals surface area contributed by atoms with Crippen molar-refractivity contribution in [3.8, 4) is 11.5 Å². The summed E-state index contributed by atoms with van der Waals surface area (Å²) in [5.41, 5.74) is 6.42. The molecule has 2 aromatic rings. The van der Waals surface area contributed by atoms with Gasteiger partial charge in [-0.25, -0.2) is 8.78 Å². The third kappa shape index (κ3) is 4.33. The maximum absolute atomic E-state index is 14.2. The molecule has 2 atom stereocenters. The molecule has 25 heavy (non-hydrogen) atoms. The Morgan fingerprint density at radius 2 is 1.88 bits per heavy atom. The highest BCUT2D eigenvalue weighted by Crippen LogP contribution is 2.27. The fourth-order valence-electron chi connectivity index (χ4n) is 2.97. The van der Waals surface area contributed by atoms with Crippen LogP contribution in [0, 0.1) is 17.6 Å². The van der Waals surface area contributed by atoms with Crippen LogP contribution in [0.5, 0.6) is 11.5 Å². The number of benzene rings is 2. The Balaban J connectivity index is 1.60. The molecule has 0 spiro atoms. The zero-order valence-electron chi connectivity index (χ0n) is 13.7. The lowest BCUT2D eigenvalue weighted by molar-refractivity contribution is -0.125. The highest BCUT2D eigenvalue weighted by molar-refractivity contribution is 5.79. The Morgan fingerprint density at radius 3 is 2.56 bits per heavy atom. The summed E-state index contributed by atoms with van der Waals surface area (Å²) in [4.78, 5) is 12.1. The maximum Gasteiger partial charge on any atom is 0.223 e. The molecule has 1 amide bonds. The van der Waals surface area contributed by atoms with Crippen LogP contribution in [-0.4, -0.2) is 11.9 Å². The quantitative estimate of drug-likeness (QED) is 0.871. The van der Waals surface area contributed by atoms with Gasteiger partial charge in [0.15, 0.2) is 23.1 Å². The summed E-state index contributed by atoms with van der Waals surface area (Å²) in [7, 11) is 0. The van der Waals surface area contributed by atoms with Crippen molar-refractivity contribution in [2.45, 2.75) is 31.8 Å². The van der Waals surface area contributed by atoms with Crippen LogP contribution in [0.4, 0.5) is 8.78 Å². The molecular formula is C19H20F2N2O2. The van der Waals surface area contributed by atoms with Crippen LogP contribution in [0.1, 0.15) is 24.8 Å². The van der Waals surface area contributed by atoms with Crippen LogP contribution in [0.3, 0.4) is 0 Å². The van der Waals surface area contributed by atoms with E-state index in [0.717, 1.165) is 12.8 Å². The number of halogens is 2. The van der Waals surface area contributed by atoms with Crippen LogP contribution in [0.25, 0.3) is 0 Å².